The maximum absolute atomic E-state index is 12.7. The molecular formula is C16H15NO5. The number of hydrogen-bond donors (Lipinski definition) is 0. The van der Waals surface area contributed by atoms with E-state index in [0.717, 1.165) is 4.90 Å². The number of esters is 1. The van der Waals surface area contributed by atoms with Crippen LogP contribution in [0, 0.1) is 11.3 Å². The van der Waals surface area contributed by atoms with E-state index in [1.807, 2.05) is 0 Å². The normalized spacial score (nSPS) is 28.1. The molecule has 2 fully saturated rings. The van der Waals surface area contributed by atoms with Gasteiger partial charge in [-0.3, -0.25) is 24.1 Å². The fourth-order valence-corrected chi connectivity index (χ4v) is 3.28. The highest BCUT2D eigenvalue weighted by Gasteiger charge is 2.61. The molecule has 0 saturated carbocycles. The summed E-state index contributed by atoms with van der Waals surface area (Å²) in [6.07, 6.45) is -0.00408. The highest BCUT2D eigenvalue weighted by atomic mass is 16.5. The van der Waals surface area contributed by atoms with Crippen molar-refractivity contribution >= 4 is 29.3 Å². The minimum Gasteiger partial charge on any atom is -0.465 e. The molecule has 114 valence electrons. The summed E-state index contributed by atoms with van der Waals surface area (Å²) >= 11 is 0. The summed E-state index contributed by atoms with van der Waals surface area (Å²) in [5.74, 6) is -3.00. The summed E-state index contributed by atoms with van der Waals surface area (Å²) in [6, 6.07) is 8.50. The summed E-state index contributed by atoms with van der Waals surface area (Å²) in [7, 11) is 0. The molecule has 2 heterocycles. The molecule has 0 aromatic heterocycles. The van der Waals surface area contributed by atoms with Gasteiger partial charge in [-0.2, -0.15) is 0 Å². The molecule has 0 aliphatic carbocycles. The number of benzene rings is 1. The lowest BCUT2D eigenvalue weighted by Crippen LogP contribution is -2.45. The fraction of sp³-hybridized carbons (Fsp3) is 0.375. The number of carbonyl (C=O) groups excluding carboxylic acids is 4. The molecule has 2 atom stereocenters. The number of para-hydroxylation sites is 1. The highest BCUT2D eigenvalue weighted by Crippen LogP contribution is 2.45. The summed E-state index contributed by atoms with van der Waals surface area (Å²) in [5, 5.41) is 0. The first-order chi connectivity index (χ1) is 10.5. The molecule has 1 unspecified atom stereocenters. The molecule has 22 heavy (non-hydrogen) atoms. The fourth-order valence-electron chi connectivity index (χ4n) is 3.28. The van der Waals surface area contributed by atoms with Crippen molar-refractivity contribution in [2.24, 2.45) is 11.3 Å². The van der Waals surface area contributed by atoms with Gasteiger partial charge < -0.3 is 4.74 Å². The van der Waals surface area contributed by atoms with Crippen molar-refractivity contribution < 1.29 is 23.9 Å². The van der Waals surface area contributed by atoms with Crippen LogP contribution in [0.2, 0.25) is 0 Å². The number of anilines is 1. The van der Waals surface area contributed by atoms with E-state index in [2.05, 4.69) is 0 Å². The zero-order valence-corrected chi connectivity index (χ0v) is 12.1. The van der Waals surface area contributed by atoms with Gasteiger partial charge in [0.15, 0.2) is 0 Å². The molecule has 0 N–H and O–H groups in total. The number of amides is 2. The Bertz CT molecular complexity index is 668. The Morgan fingerprint density at radius 1 is 1.23 bits per heavy atom. The van der Waals surface area contributed by atoms with Gasteiger partial charge in [0.05, 0.1) is 18.2 Å². The predicted molar refractivity (Wildman–Crippen MR) is 75.7 cm³/mol. The molecular weight excluding hydrogens is 286 g/mol. The SMILES string of the molecule is CC(=O)C1([C@@H]2CC(=O)N(c3ccccc3)C2=O)CCOC1=O. The van der Waals surface area contributed by atoms with Gasteiger partial charge in [0.1, 0.15) is 11.2 Å². The van der Waals surface area contributed by atoms with Gasteiger partial charge in [-0.15, -0.1) is 0 Å². The number of ketones is 1. The molecule has 2 aliphatic rings. The molecule has 1 aromatic rings. The predicted octanol–water partition coefficient (Wildman–Crippen LogP) is 1.09. The first-order valence-electron chi connectivity index (χ1n) is 7.08. The Labute approximate surface area is 127 Å². The number of nitrogens with zero attached hydrogens (tertiary/aromatic N) is 1. The van der Waals surface area contributed by atoms with Gasteiger partial charge in [-0.1, -0.05) is 18.2 Å². The van der Waals surface area contributed by atoms with E-state index in [1.165, 1.54) is 6.92 Å². The molecule has 0 spiro atoms. The molecule has 1 aromatic carbocycles. The van der Waals surface area contributed by atoms with E-state index in [4.69, 9.17) is 4.74 Å². The third kappa shape index (κ3) is 1.87. The number of rotatable bonds is 3. The van der Waals surface area contributed by atoms with Crippen molar-refractivity contribution in [2.45, 2.75) is 19.8 Å². The van der Waals surface area contributed by atoms with Crippen LogP contribution in [0.25, 0.3) is 0 Å². The van der Waals surface area contributed by atoms with E-state index in [0.29, 0.717) is 5.69 Å². The van der Waals surface area contributed by atoms with Gasteiger partial charge in [0.2, 0.25) is 11.8 Å². The van der Waals surface area contributed by atoms with E-state index < -0.39 is 34.9 Å². The van der Waals surface area contributed by atoms with Crippen LogP contribution < -0.4 is 4.90 Å². The lowest BCUT2D eigenvalue weighted by molar-refractivity contribution is -0.156. The van der Waals surface area contributed by atoms with Crippen molar-refractivity contribution in [2.75, 3.05) is 11.5 Å². The van der Waals surface area contributed by atoms with Crippen LogP contribution >= 0.6 is 0 Å². The van der Waals surface area contributed by atoms with Crippen molar-refractivity contribution in [3.63, 3.8) is 0 Å². The average Bonchev–Trinajstić information content (AvgIpc) is 3.01. The Morgan fingerprint density at radius 2 is 1.91 bits per heavy atom. The highest BCUT2D eigenvalue weighted by molar-refractivity contribution is 6.24. The largest absolute Gasteiger partial charge is 0.465 e. The first kappa shape index (κ1) is 14.4. The minimum atomic E-state index is -1.52. The van der Waals surface area contributed by atoms with Crippen LogP contribution in [0.15, 0.2) is 30.3 Å². The van der Waals surface area contributed by atoms with Crippen LogP contribution in [0.4, 0.5) is 5.69 Å². The lowest BCUT2D eigenvalue weighted by atomic mass is 9.70. The molecule has 2 aliphatic heterocycles. The standard InChI is InChI=1S/C16H15NO5/c1-10(18)16(7-8-22-15(16)21)12-9-13(19)17(14(12)20)11-5-3-2-4-6-11/h2-6,12H,7-9H2,1H3/t12-,16?/m1/s1. The van der Waals surface area contributed by atoms with Gasteiger partial charge in [-0.05, 0) is 19.1 Å². The monoisotopic (exact) mass is 301 g/mol. The molecule has 6 heteroatoms. The first-order valence-corrected chi connectivity index (χ1v) is 7.08. The average molecular weight is 301 g/mol. The number of carbonyl (C=O) groups is 4. The van der Waals surface area contributed by atoms with Crippen molar-refractivity contribution in [1.29, 1.82) is 0 Å². The Hall–Kier alpha value is -2.50. The van der Waals surface area contributed by atoms with E-state index >= 15 is 0 Å². The molecule has 2 amide bonds. The lowest BCUT2D eigenvalue weighted by Gasteiger charge is -2.26. The maximum Gasteiger partial charge on any atom is 0.320 e. The molecule has 2 saturated heterocycles. The van der Waals surface area contributed by atoms with Gasteiger partial charge in [0.25, 0.3) is 0 Å². The third-order valence-corrected chi connectivity index (χ3v) is 4.48. The van der Waals surface area contributed by atoms with E-state index in [9.17, 15) is 19.2 Å². The number of Topliss-reactive ketones (excluding diaryl/α,β-unsaturated/α-hetero) is 1. The second-order valence-corrected chi connectivity index (χ2v) is 5.57. The van der Waals surface area contributed by atoms with Crippen LogP contribution in [0.3, 0.4) is 0 Å². The van der Waals surface area contributed by atoms with Crippen LogP contribution in [0.5, 0.6) is 0 Å². The Morgan fingerprint density at radius 3 is 2.45 bits per heavy atom. The maximum atomic E-state index is 12.7. The van der Waals surface area contributed by atoms with Crippen molar-refractivity contribution in [3.8, 4) is 0 Å². The topological polar surface area (TPSA) is 80.8 Å². The Balaban J connectivity index is 2.01. The zero-order valence-electron chi connectivity index (χ0n) is 12.1. The zero-order chi connectivity index (χ0) is 15.9. The number of imide groups is 1. The molecule has 0 radical (unpaired) electrons. The number of ether oxygens (including phenoxy) is 1. The summed E-state index contributed by atoms with van der Waals surface area (Å²) in [5.41, 5.74) is -1.07. The second kappa shape index (κ2) is 5.05. The quantitative estimate of drug-likeness (QED) is 0.474. The van der Waals surface area contributed by atoms with Crippen molar-refractivity contribution in [3.05, 3.63) is 30.3 Å². The number of cyclic esters (lactones) is 1. The van der Waals surface area contributed by atoms with Crippen LogP contribution in [-0.2, 0) is 23.9 Å². The van der Waals surface area contributed by atoms with Crippen LogP contribution in [-0.4, -0.2) is 30.2 Å². The van der Waals surface area contributed by atoms with Gasteiger partial charge in [0, 0.05) is 12.8 Å². The molecule has 6 nitrogen and oxygen atoms in total. The third-order valence-electron chi connectivity index (χ3n) is 4.48. The summed E-state index contributed by atoms with van der Waals surface area (Å²) in [6.45, 7) is 1.37. The van der Waals surface area contributed by atoms with Crippen molar-refractivity contribution in [1.82, 2.24) is 0 Å². The van der Waals surface area contributed by atoms with E-state index in [1.54, 1.807) is 30.3 Å². The van der Waals surface area contributed by atoms with Gasteiger partial charge in [-0.25, -0.2) is 0 Å². The number of hydrogen-bond acceptors (Lipinski definition) is 5. The molecule has 3 rings (SSSR count). The smallest absolute Gasteiger partial charge is 0.320 e. The Kier molecular flexibility index (Phi) is 3.31. The van der Waals surface area contributed by atoms with Crippen LogP contribution in [0.1, 0.15) is 19.8 Å². The van der Waals surface area contributed by atoms with Gasteiger partial charge >= 0.3 is 5.97 Å². The summed E-state index contributed by atoms with van der Waals surface area (Å²) < 4.78 is 4.93. The molecule has 0 bridgehead atoms. The minimum absolute atomic E-state index is 0.0989. The second-order valence-electron chi connectivity index (χ2n) is 5.57. The summed E-state index contributed by atoms with van der Waals surface area (Å²) in [4.78, 5) is 50.2. The van der Waals surface area contributed by atoms with E-state index in [-0.39, 0.29) is 19.4 Å².